The Labute approximate surface area is 132 Å². The summed E-state index contributed by atoms with van der Waals surface area (Å²) in [6, 6.07) is 7.31. The number of thiophene rings is 1. The van der Waals surface area contributed by atoms with Crippen molar-refractivity contribution < 1.29 is 4.39 Å². The zero-order chi connectivity index (χ0) is 14.7. The predicted octanol–water partition coefficient (Wildman–Crippen LogP) is 5.36. The Morgan fingerprint density at radius 3 is 2.60 bits per heavy atom. The van der Waals surface area contributed by atoms with Crippen LogP contribution in [-0.2, 0) is 0 Å². The van der Waals surface area contributed by atoms with Crippen molar-refractivity contribution in [3.8, 4) is 0 Å². The number of hydrogen-bond donors (Lipinski definition) is 1. The molecular weight excluding hydrogens is 337 g/mol. The highest BCUT2D eigenvalue weighted by Crippen LogP contribution is 2.34. The van der Waals surface area contributed by atoms with E-state index in [0.717, 1.165) is 33.4 Å². The van der Waals surface area contributed by atoms with Crippen molar-refractivity contribution in [1.29, 1.82) is 0 Å². The van der Waals surface area contributed by atoms with Gasteiger partial charge in [-0.3, -0.25) is 0 Å². The first-order chi connectivity index (χ1) is 9.52. The Bertz CT molecular complexity index is 594. The minimum absolute atomic E-state index is 0.0857. The van der Waals surface area contributed by atoms with Gasteiger partial charge in [-0.1, -0.05) is 24.6 Å². The fourth-order valence-corrected chi connectivity index (χ4v) is 4.05. The molecule has 0 aliphatic heterocycles. The Kier molecular flexibility index (Phi) is 5.35. The van der Waals surface area contributed by atoms with Gasteiger partial charge in [0.15, 0.2) is 0 Å². The van der Waals surface area contributed by atoms with E-state index in [1.165, 1.54) is 4.88 Å². The van der Waals surface area contributed by atoms with Gasteiger partial charge in [-0.25, -0.2) is 4.39 Å². The molecule has 0 aliphatic rings. The molecule has 1 atom stereocenters. The number of aryl methyl sites for hydroxylation is 2. The quantitative estimate of drug-likeness (QED) is 0.761. The molecule has 0 bridgehead atoms. The highest BCUT2D eigenvalue weighted by atomic mass is 79.9. The second-order valence-electron chi connectivity index (χ2n) is 4.97. The van der Waals surface area contributed by atoms with Gasteiger partial charge >= 0.3 is 0 Å². The molecule has 2 aromatic rings. The van der Waals surface area contributed by atoms with Gasteiger partial charge in [-0.2, -0.15) is 0 Å². The molecule has 1 unspecified atom stereocenters. The van der Waals surface area contributed by atoms with Crippen molar-refractivity contribution in [3.05, 3.63) is 55.4 Å². The summed E-state index contributed by atoms with van der Waals surface area (Å²) >= 11 is 5.21. The highest BCUT2D eigenvalue weighted by Gasteiger charge is 2.21. The third kappa shape index (κ3) is 3.48. The van der Waals surface area contributed by atoms with Crippen molar-refractivity contribution in [2.75, 3.05) is 6.54 Å². The van der Waals surface area contributed by atoms with Crippen LogP contribution in [0.15, 0.2) is 28.1 Å². The van der Waals surface area contributed by atoms with Gasteiger partial charge in [-0.05, 0) is 60.4 Å². The molecule has 0 fully saturated rings. The highest BCUT2D eigenvalue weighted by molar-refractivity contribution is 9.11. The normalized spacial score (nSPS) is 12.7. The van der Waals surface area contributed by atoms with Gasteiger partial charge < -0.3 is 5.32 Å². The molecule has 0 aliphatic carbocycles. The van der Waals surface area contributed by atoms with Crippen molar-refractivity contribution in [3.63, 3.8) is 0 Å². The molecule has 2 rings (SSSR count). The van der Waals surface area contributed by atoms with Gasteiger partial charge in [-0.15, -0.1) is 11.3 Å². The standard InChI is InChI=1S/C16H19BrFNS/c1-4-7-19-16(12-9-15(17)20-11(12)3)13-8-10(2)5-6-14(13)18/h5-6,8-9,16,19H,4,7H2,1-3H3. The van der Waals surface area contributed by atoms with Crippen LogP contribution in [0.4, 0.5) is 4.39 Å². The van der Waals surface area contributed by atoms with Crippen molar-refractivity contribution >= 4 is 27.3 Å². The minimum atomic E-state index is -0.147. The molecule has 20 heavy (non-hydrogen) atoms. The van der Waals surface area contributed by atoms with Crippen LogP contribution < -0.4 is 5.32 Å². The van der Waals surface area contributed by atoms with Crippen LogP contribution in [0, 0.1) is 19.7 Å². The van der Waals surface area contributed by atoms with Crippen LogP contribution in [0.2, 0.25) is 0 Å². The lowest BCUT2D eigenvalue weighted by molar-refractivity contribution is 0.546. The van der Waals surface area contributed by atoms with E-state index in [-0.39, 0.29) is 11.9 Å². The molecule has 0 spiro atoms. The van der Waals surface area contributed by atoms with E-state index in [1.54, 1.807) is 17.4 Å². The first-order valence-corrected chi connectivity index (χ1v) is 8.39. The lowest BCUT2D eigenvalue weighted by Crippen LogP contribution is -2.24. The van der Waals surface area contributed by atoms with Gasteiger partial charge in [0.25, 0.3) is 0 Å². The third-order valence-corrected chi connectivity index (χ3v) is 4.87. The van der Waals surface area contributed by atoms with Crippen LogP contribution in [0.1, 0.15) is 41.0 Å². The van der Waals surface area contributed by atoms with Crippen molar-refractivity contribution in [2.45, 2.75) is 33.2 Å². The summed E-state index contributed by atoms with van der Waals surface area (Å²) in [5, 5.41) is 3.47. The average Bonchev–Trinajstić information content (AvgIpc) is 2.73. The lowest BCUT2D eigenvalue weighted by Gasteiger charge is -2.20. The number of nitrogens with one attached hydrogen (secondary N) is 1. The minimum Gasteiger partial charge on any atom is -0.306 e. The molecular formula is C16H19BrFNS. The Morgan fingerprint density at radius 1 is 1.25 bits per heavy atom. The van der Waals surface area contributed by atoms with E-state index in [4.69, 9.17) is 0 Å². The summed E-state index contributed by atoms with van der Waals surface area (Å²) in [5.74, 6) is -0.147. The van der Waals surface area contributed by atoms with Gasteiger partial charge in [0.2, 0.25) is 0 Å². The molecule has 1 aromatic heterocycles. The number of benzene rings is 1. The zero-order valence-corrected chi connectivity index (χ0v) is 14.4. The number of rotatable bonds is 5. The summed E-state index contributed by atoms with van der Waals surface area (Å²) in [6.45, 7) is 7.06. The summed E-state index contributed by atoms with van der Waals surface area (Å²) in [5.41, 5.74) is 2.96. The molecule has 0 saturated heterocycles. The van der Waals surface area contributed by atoms with Crippen LogP contribution >= 0.6 is 27.3 Å². The van der Waals surface area contributed by atoms with E-state index < -0.39 is 0 Å². The second kappa shape index (κ2) is 6.83. The van der Waals surface area contributed by atoms with Crippen LogP contribution in [-0.4, -0.2) is 6.54 Å². The van der Waals surface area contributed by atoms with Crippen LogP contribution in [0.5, 0.6) is 0 Å². The van der Waals surface area contributed by atoms with E-state index in [9.17, 15) is 4.39 Å². The molecule has 0 radical (unpaired) electrons. The Hall–Kier alpha value is -0.710. The maximum atomic E-state index is 14.2. The molecule has 4 heteroatoms. The fourth-order valence-electron chi connectivity index (χ4n) is 2.31. The van der Waals surface area contributed by atoms with Crippen molar-refractivity contribution in [1.82, 2.24) is 5.32 Å². The zero-order valence-electron chi connectivity index (χ0n) is 12.0. The summed E-state index contributed by atoms with van der Waals surface area (Å²) < 4.78 is 15.3. The van der Waals surface area contributed by atoms with E-state index in [1.807, 2.05) is 19.1 Å². The fraction of sp³-hybridized carbons (Fsp3) is 0.375. The first kappa shape index (κ1) is 15.7. The van der Waals surface area contributed by atoms with E-state index in [0.29, 0.717) is 0 Å². The second-order valence-corrected chi connectivity index (χ2v) is 7.61. The van der Waals surface area contributed by atoms with Gasteiger partial charge in [0.1, 0.15) is 5.82 Å². The summed E-state index contributed by atoms with van der Waals surface area (Å²) in [7, 11) is 0. The SMILES string of the molecule is CCCNC(c1cc(C)ccc1F)c1cc(Br)sc1C. The molecule has 1 nitrogen and oxygen atoms in total. The number of halogens is 2. The monoisotopic (exact) mass is 355 g/mol. The first-order valence-electron chi connectivity index (χ1n) is 6.78. The van der Waals surface area contributed by atoms with Gasteiger partial charge in [0.05, 0.1) is 9.83 Å². The predicted molar refractivity (Wildman–Crippen MR) is 88.0 cm³/mol. The van der Waals surface area contributed by atoms with E-state index >= 15 is 0 Å². The van der Waals surface area contributed by atoms with Crippen LogP contribution in [0.25, 0.3) is 0 Å². The maximum Gasteiger partial charge on any atom is 0.128 e. The van der Waals surface area contributed by atoms with Crippen molar-refractivity contribution in [2.24, 2.45) is 0 Å². The Morgan fingerprint density at radius 2 is 2.00 bits per heavy atom. The van der Waals surface area contributed by atoms with Crippen LogP contribution in [0.3, 0.4) is 0 Å². The number of hydrogen-bond acceptors (Lipinski definition) is 2. The molecule has 0 amide bonds. The third-order valence-electron chi connectivity index (χ3n) is 3.30. The molecule has 1 heterocycles. The lowest BCUT2D eigenvalue weighted by atomic mass is 9.97. The summed E-state index contributed by atoms with van der Waals surface area (Å²) in [6.07, 6.45) is 1.02. The Balaban J connectivity index is 2.46. The topological polar surface area (TPSA) is 12.0 Å². The largest absolute Gasteiger partial charge is 0.306 e. The molecule has 1 aromatic carbocycles. The molecule has 0 saturated carbocycles. The summed E-state index contributed by atoms with van der Waals surface area (Å²) in [4.78, 5) is 1.21. The van der Waals surface area contributed by atoms with Gasteiger partial charge in [0, 0.05) is 10.4 Å². The van der Waals surface area contributed by atoms with E-state index in [2.05, 4.69) is 41.2 Å². The molecule has 1 N–H and O–H groups in total. The average molecular weight is 356 g/mol. The smallest absolute Gasteiger partial charge is 0.128 e. The maximum absolute atomic E-state index is 14.2. The molecule has 108 valence electrons.